The number of nitrogens with two attached hydrogens (primary N) is 3. The van der Waals surface area contributed by atoms with Crippen LogP contribution in [-0.2, 0) is 4.79 Å². The zero-order chi connectivity index (χ0) is 12.1. The van der Waals surface area contributed by atoms with Crippen LogP contribution < -0.4 is 17.2 Å². The minimum absolute atomic E-state index is 0.0381. The second kappa shape index (κ2) is 5.82. The van der Waals surface area contributed by atoms with E-state index in [2.05, 4.69) is 4.99 Å². The number of carbonyl (C=O) groups is 1. The Balaban J connectivity index is 3.95. The molecule has 0 unspecified atom stereocenters. The number of rotatable bonds is 6. The van der Waals surface area contributed by atoms with Gasteiger partial charge in [0, 0.05) is 11.0 Å². The van der Waals surface area contributed by atoms with Crippen LogP contribution in [0, 0.1) is 0 Å². The zero-order valence-electron chi connectivity index (χ0n) is 8.93. The number of thioether (sulfide) groups is 1. The quantitative estimate of drug-likeness (QED) is 0.351. The summed E-state index contributed by atoms with van der Waals surface area (Å²) in [6.45, 7) is 3.85. The summed E-state index contributed by atoms with van der Waals surface area (Å²) in [6, 6.07) is 0. The summed E-state index contributed by atoms with van der Waals surface area (Å²) in [5, 5.41) is 8.90. The van der Waals surface area contributed by atoms with Gasteiger partial charge in [0.1, 0.15) is 5.54 Å². The Kier molecular flexibility index (Phi) is 5.45. The van der Waals surface area contributed by atoms with Crippen molar-refractivity contribution in [1.82, 2.24) is 0 Å². The maximum absolute atomic E-state index is 10.7. The van der Waals surface area contributed by atoms with Crippen LogP contribution in [0.3, 0.4) is 0 Å². The van der Waals surface area contributed by atoms with Gasteiger partial charge in [-0.2, -0.15) is 11.8 Å². The van der Waals surface area contributed by atoms with Gasteiger partial charge >= 0.3 is 5.97 Å². The lowest BCUT2D eigenvalue weighted by atomic mass is 10.1. The molecule has 15 heavy (non-hydrogen) atoms. The number of carboxylic acids is 1. The Morgan fingerprint density at radius 3 is 2.53 bits per heavy atom. The maximum Gasteiger partial charge on any atom is 0.324 e. The van der Waals surface area contributed by atoms with Gasteiger partial charge in [-0.1, -0.05) is 6.92 Å². The summed E-state index contributed by atoms with van der Waals surface area (Å²) in [6.07, 6.45) is 0. The number of aliphatic carboxylic acids is 1. The molecule has 0 aliphatic carbocycles. The smallest absolute Gasteiger partial charge is 0.324 e. The van der Waals surface area contributed by atoms with Gasteiger partial charge in [-0.05, 0) is 6.92 Å². The van der Waals surface area contributed by atoms with Crippen molar-refractivity contribution < 1.29 is 9.90 Å². The zero-order valence-corrected chi connectivity index (χ0v) is 9.75. The van der Waals surface area contributed by atoms with E-state index in [1.165, 1.54) is 18.7 Å². The van der Waals surface area contributed by atoms with E-state index in [-0.39, 0.29) is 11.2 Å². The molecule has 0 aliphatic heterocycles. The lowest BCUT2D eigenvalue weighted by Crippen LogP contribution is -2.47. The molecular formula is C8H18N4O2S. The van der Waals surface area contributed by atoms with Crippen LogP contribution >= 0.6 is 11.8 Å². The highest BCUT2D eigenvalue weighted by Gasteiger charge is 2.28. The van der Waals surface area contributed by atoms with Gasteiger partial charge < -0.3 is 22.3 Å². The second-order valence-corrected chi connectivity index (χ2v) is 5.04. The second-order valence-electron chi connectivity index (χ2n) is 3.61. The summed E-state index contributed by atoms with van der Waals surface area (Å²) in [4.78, 5) is 14.5. The Labute approximate surface area is 93.3 Å². The van der Waals surface area contributed by atoms with Crippen molar-refractivity contribution in [3.05, 3.63) is 0 Å². The van der Waals surface area contributed by atoms with Gasteiger partial charge in [0.25, 0.3) is 0 Å². The SMILES string of the molecule is C[C@H](CN=C(N)N)SC[C@](C)(N)C(=O)O. The van der Waals surface area contributed by atoms with Gasteiger partial charge in [-0.25, -0.2) is 0 Å². The standard InChI is InChI=1S/C8H18N4O2S/c1-5(3-12-7(9)10)15-4-8(2,11)6(13)14/h5H,3-4,11H2,1-2H3,(H,13,14)(H4,9,10,12)/t5-,8+/m1/s1. The lowest BCUT2D eigenvalue weighted by molar-refractivity contribution is -0.141. The molecule has 0 radical (unpaired) electrons. The topological polar surface area (TPSA) is 128 Å². The molecule has 0 amide bonds. The monoisotopic (exact) mass is 234 g/mol. The molecular weight excluding hydrogens is 216 g/mol. The van der Waals surface area contributed by atoms with E-state index in [0.717, 1.165) is 0 Å². The summed E-state index contributed by atoms with van der Waals surface area (Å²) in [5.74, 6) is -0.649. The van der Waals surface area contributed by atoms with Gasteiger partial charge in [0.2, 0.25) is 0 Å². The number of guanidine groups is 1. The fraction of sp³-hybridized carbons (Fsp3) is 0.750. The fourth-order valence-electron chi connectivity index (χ4n) is 0.664. The van der Waals surface area contributed by atoms with Crippen molar-refractivity contribution in [3.8, 4) is 0 Å². The highest BCUT2D eigenvalue weighted by molar-refractivity contribution is 8.00. The molecule has 0 aromatic heterocycles. The Bertz CT molecular complexity index is 251. The van der Waals surface area contributed by atoms with E-state index < -0.39 is 11.5 Å². The molecule has 0 saturated heterocycles. The van der Waals surface area contributed by atoms with Crippen molar-refractivity contribution in [3.63, 3.8) is 0 Å². The molecule has 7 heteroatoms. The van der Waals surface area contributed by atoms with Crippen LogP contribution in [0.1, 0.15) is 13.8 Å². The summed E-state index contributed by atoms with van der Waals surface area (Å²) < 4.78 is 0. The first-order chi connectivity index (χ1) is 6.75. The van der Waals surface area contributed by atoms with Crippen molar-refractivity contribution >= 4 is 23.7 Å². The number of nitrogens with zero attached hydrogens (tertiary/aromatic N) is 1. The summed E-state index contributed by atoms with van der Waals surface area (Å²) in [7, 11) is 0. The van der Waals surface area contributed by atoms with Gasteiger partial charge in [-0.15, -0.1) is 0 Å². The molecule has 7 N–H and O–H groups in total. The van der Waals surface area contributed by atoms with Crippen molar-refractivity contribution in [2.24, 2.45) is 22.2 Å². The molecule has 2 atom stereocenters. The average molecular weight is 234 g/mol. The molecule has 0 heterocycles. The third kappa shape index (κ3) is 6.19. The Morgan fingerprint density at radius 1 is 1.60 bits per heavy atom. The van der Waals surface area contributed by atoms with Crippen molar-refractivity contribution in [1.29, 1.82) is 0 Å². The molecule has 0 saturated carbocycles. The van der Waals surface area contributed by atoms with E-state index in [4.69, 9.17) is 22.3 Å². The van der Waals surface area contributed by atoms with E-state index in [1.807, 2.05) is 6.92 Å². The fourth-order valence-corrected chi connectivity index (χ4v) is 1.60. The molecule has 88 valence electrons. The number of aliphatic imine (C=N–C) groups is 1. The van der Waals surface area contributed by atoms with E-state index in [0.29, 0.717) is 12.3 Å². The molecule has 0 bridgehead atoms. The van der Waals surface area contributed by atoms with Crippen LogP contribution in [-0.4, -0.2) is 40.1 Å². The van der Waals surface area contributed by atoms with Crippen LogP contribution in [0.25, 0.3) is 0 Å². The molecule has 0 aromatic carbocycles. The predicted molar refractivity (Wildman–Crippen MR) is 62.8 cm³/mol. The van der Waals surface area contributed by atoms with Crippen molar-refractivity contribution in [2.45, 2.75) is 24.6 Å². The van der Waals surface area contributed by atoms with E-state index >= 15 is 0 Å². The van der Waals surface area contributed by atoms with Gasteiger partial charge in [-0.3, -0.25) is 9.79 Å². The highest BCUT2D eigenvalue weighted by atomic mass is 32.2. The molecule has 0 aromatic rings. The summed E-state index contributed by atoms with van der Waals surface area (Å²) >= 11 is 1.43. The predicted octanol–water partition coefficient (Wildman–Crippen LogP) is -0.816. The van der Waals surface area contributed by atoms with Crippen LogP contribution in [0.4, 0.5) is 0 Å². The molecule has 6 nitrogen and oxygen atoms in total. The Hall–Kier alpha value is -0.950. The minimum Gasteiger partial charge on any atom is -0.480 e. The molecule has 0 aliphatic rings. The first kappa shape index (κ1) is 14.1. The van der Waals surface area contributed by atoms with Gasteiger partial charge in [0.15, 0.2) is 5.96 Å². The van der Waals surface area contributed by atoms with Crippen LogP contribution in [0.5, 0.6) is 0 Å². The van der Waals surface area contributed by atoms with Gasteiger partial charge in [0.05, 0.1) is 6.54 Å². The molecule has 0 rings (SSSR count). The first-order valence-corrected chi connectivity index (χ1v) is 5.50. The lowest BCUT2D eigenvalue weighted by Gasteiger charge is -2.20. The molecule has 0 fully saturated rings. The summed E-state index contributed by atoms with van der Waals surface area (Å²) in [5.41, 5.74) is 14.7. The maximum atomic E-state index is 10.7. The average Bonchev–Trinajstić information content (AvgIpc) is 2.11. The van der Waals surface area contributed by atoms with E-state index in [9.17, 15) is 4.79 Å². The number of hydrogen-bond donors (Lipinski definition) is 4. The third-order valence-electron chi connectivity index (χ3n) is 1.69. The normalized spacial score (nSPS) is 16.5. The Morgan fingerprint density at radius 2 is 2.13 bits per heavy atom. The minimum atomic E-state index is -1.21. The number of carboxylic acid groups (broad SMARTS) is 1. The first-order valence-electron chi connectivity index (χ1n) is 4.45. The molecule has 0 spiro atoms. The third-order valence-corrected chi connectivity index (χ3v) is 3.17. The number of hydrogen-bond acceptors (Lipinski definition) is 4. The highest BCUT2D eigenvalue weighted by Crippen LogP contribution is 2.16. The largest absolute Gasteiger partial charge is 0.480 e. The van der Waals surface area contributed by atoms with Crippen molar-refractivity contribution in [2.75, 3.05) is 12.3 Å². The van der Waals surface area contributed by atoms with Crippen LogP contribution in [0.15, 0.2) is 4.99 Å². The van der Waals surface area contributed by atoms with Crippen LogP contribution in [0.2, 0.25) is 0 Å². The van der Waals surface area contributed by atoms with E-state index in [1.54, 1.807) is 0 Å².